The highest BCUT2D eigenvalue weighted by molar-refractivity contribution is 6.17. The largest absolute Gasteiger partial charge is 0.459 e. The SMILES string of the molecule is C1=Cc2c(oc3ccc(N(c4ccc(-c5ccccc5)cc4)c4ccc5ccc6c7ccccc7ccc6c5c4)cc23)CN1. The van der Waals surface area contributed by atoms with Gasteiger partial charge in [-0.1, -0.05) is 97.1 Å². The molecule has 0 saturated heterocycles. The van der Waals surface area contributed by atoms with Crippen LogP contribution >= 0.6 is 0 Å². The van der Waals surface area contributed by atoms with Crippen LogP contribution in [0.15, 0.2) is 150 Å². The van der Waals surface area contributed by atoms with E-state index in [-0.39, 0.29) is 0 Å². The van der Waals surface area contributed by atoms with Gasteiger partial charge in [0.05, 0.1) is 6.54 Å². The first-order valence-electron chi connectivity index (χ1n) is 15.1. The van der Waals surface area contributed by atoms with Gasteiger partial charge < -0.3 is 14.6 Å². The Kier molecular flexibility index (Phi) is 5.57. The van der Waals surface area contributed by atoms with Crippen molar-refractivity contribution in [3.8, 4) is 11.1 Å². The number of fused-ring (bicyclic) bond motifs is 8. The quantitative estimate of drug-likeness (QED) is 0.216. The number of benzene rings is 7. The van der Waals surface area contributed by atoms with Gasteiger partial charge in [-0.25, -0.2) is 0 Å². The van der Waals surface area contributed by atoms with Crippen LogP contribution in [0.2, 0.25) is 0 Å². The third-order valence-corrected chi connectivity index (χ3v) is 8.89. The number of hydrogen-bond donors (Lipinski definition) is 1. The Labute approximate surface area is 255 Å². The van der Waals surface area contributed by atoms with Crippen molar-refractivity contribution in [2.24, 2.45) is 0 Å². The lowest BCUT2D eigenvalue weighted by Gasteiger charge is -2.26. The Morgan fingerprint density at radius 2 is 1.14 bits per heavy atom. The van der Waals surface area contributed by atoms with Gasteiger partial charge in [0, 0.05) is 28.0 Å². The molecule has 1 aliphatic heterocycles. The van der Waals surface area contributed by atoms with Gasteiger partial charge in [-0.15, -0.1) is 0 Å². The van der Waals surface area contributed by atoms with Gasteiger partial charge in [-0.3, -0.25) is 0 Å². The molecule has 0 radical (unpaired) electrons. The summed E-state index contributed by atoms with van der Waals surface area (Å²) in [4.78, 5) is 2.36. The third-order valence-electron chi connectivity index (χ3n) is 8.89. The number of furan rings is 1. The highest BCUT2D eigenvalue weighted by Gasteiger charge is 2.19. The van der Waals surface area contributed by atoms with Gasteiger partial charge in [-0.2, -0.15) is 0 Å². The van der Waals surface area contributed by atoms with E-state index in [1.165, 1.54) is 43.4 Å². The summed E-state index contributed by atoms with van der Waals surface area (Å²) in [6.07, 6.45) is 4.11. The van der Waals surface area contributed by atoms with Crippen molar-refractivity contribution >= 4 is 66.4 Å². The lowest BCUT2D eigenvalue weighted by molar-refractivity contribution is 0.532. The van der Waals surface area contributed by atoms with Crippen molar-refractivity contribution in [2.75, 3.05) is 4.90 Å². The van der Waals surface area contributed by atoms with Crippen LogP contribution in [0.3, 0.4) is 0 Å². The van der Waals surface area contributed by atoms with Crippen LogP contribution in [0.1, 0.15) is 11.3 Å². The minimum Gasteiger partial charge on any atom is -0.459 e. The van der Waals surface area contributed by atoms with Crippen LogP contribution in [-0.4, -0.2) is 0 Å². The van der Waals surface area contributed by atoms with Crippen LogP contribution in [0.5, 0.6) is 0 Å². The van der Waals surface area contributed by atoms with E-state index >= 15 is 0 Å². The maximum absolute atomic E-state index is 6.21. The molecule has 7 aromatic carbocycles. The van der Waals surface area contributed by atoms with E-state index in [0.717, 1.165) is 39.4 Å². The molecule has 0 amide bonds. The fourth-order valence-electron chi connectivity index (χ4n) is 6.73. The van der Waals surface area contributed by atoms with Gasteiger partial charge in [0.2, 0.25) is 0 Å². The fraction of sp³-hybridized carbons (Fsp3) is 0.0244. The molecule has 0 bridgehead atoms. The summed E-state index contributed by atoms with van der Waals surface area (Å²) in [5.74, 6) is 0.975. The summed E-state index contributed by atoms with van der Waals surface area (Å²) in [5.41, 5.74) is 7.76. The van der Waals surface area contributed by atoms with E-state index in [9.17, 15) is 0 Å². The highest BCUT2D eigenvalue weighted by atomic mass is 16.3. The normalized spacial score (nSPS) is 12.5. The minimum atomic E-state index is 0.701. The zero-order valence-electron chi connectivity index (χ0n) is 24.0. The van der Waals surface area contributed by atoms with Crippen molar-refractivity contribution in [2.45, 2.75) is 6.54 Å². The highest BCUT2D eigenvalue weighted by Crippen LogP contribution is 2.41. The standard InChI is InChI=1S/C41H28N2O/c1-2-6-27(7-3-1)28-10-15-31(16-11-28)43(33-18-21-40-39(25-33)37-22-23-42-26-41(37)44-40)32-17-12-30-14-19-35-34-9-5-4-8-29(34)13-20-36(35)38(30)24-32/h1-25,42H,26H2. The molecule has 0 fully saturated rings. The summed E-state index contributed by atoms with van der Waals surface area (Å²) in [5, 5.41) is 11.9. The number of nitrogens with one attached hydrogen (secondary N) is 1. The van der Waals surface area contributed by atoms with E-state index in [4.69, 9.17) is 4.42 Å². The molecule has 8 aromatic rings. The van der Waals surface area contributed by atoms with Crippen molar-refractivity contribution < 1.29 is 4.42 Å². The summed E-state index contributed by atoms with van der Waals surface area (Å²) >= 11 is 0. The van der Waals surface area contributed by atoms with Gasteiger partial charge in [0.1, 0.15) is 11.3 Å². The first-order chi connectivity index (χ1) is 21.8. The molecule has 1 N–H and O–H groups in total. The smallest absolute Gasteiger partial charge is 0.135 e. The van der Waals surface area contributed by atoms with Crippen molar-refractivity contribution in [3.63, 3.8) is 0 Å². The van der Waals surface area contributed by atoms with Gasteiger partial charge >= 0.3 is 0 Å². The van der Waals surface area contributed by atoms with E-state index in [2.05, 4.69) is 156 Å². The van der Waals surface area contributed by atoms with Crippen LogP contribution in [0, 0.1) is 0 Å². The third kappa shape index (κ3) is 3.98. The van der Waals surface area contributed by atoms with Gasteiger partial charge in [-0.05, 0) is 98.2 Å². The summed E-state index contributed by atoms with van der Waals surface area (Å²) < 4.78 is 6.21. The van der Waals surface area contributed by atoms with Crippen LogP contribution < -0.4 is 10.2 Å². The van der Waals surface area contributed by atoms with Crippen LogP contribution in [0.25, 0.3) is 60.5 Å². The Morgan fingerprint density at radius 3 is 1.98 bits per heavy atom. The molecule has 3 nitrogen and oxygen atoms in total. The Bertz CT molecular complexity index is 2380. The van der Waals surface area contributed by atoms with Crippen LogP contribution in [-0.2, 0) is 6.54 Å². The fourth-order valence-corrected chi connectivity index (χ4v) is 6.73. The van der Waals surface area contributed by atoms with E-state index < -0.39 is 0 Å². The maximum atomic E-state index is 6.21. The predicted molar refractivity (Wildman–Crippen MR) is 185 cm³/mol. The first-order valence-corrected chi connectivity index (χ1v) is 15.1. The Hall–Kier alpha value is -5.80. The second-order valence-electron chi connectivity index (χ2n) is 11.4. The number of anilines is 3. The van der Waals surface area contributed by atoms with Gasteiger partial charge in [0.15, 0.2) is 0 Å². The Balaban J connectivity index is 1.25. The summed E-state index contributed by atoms with van der Waals surface area (Å²) in [7, 11) is 0. The molecule has 1 aliphatic rings. The molecule has 9 rings (SSSR count). The number of nitrogens with zero attached hydrogens (tertiary/aromatic N) is 1. The van der Waals surface area contributed by atoms with Crippen molar-refractivity contribution in [1.29, 1.82) is 0 Å². The summed E-state index contributed by atoms with van der Waals surface area (Å²) in [6.45, 7) is 0.701. The maximum Gasteiger partial charge on any atom is 0.135 e. The molecule has 0 atom stereocenters. The van der Waals surface area contributed by atoms with Crippen molar-refractivity contribution in [3.05, 3.63) is 157 Å². The van der Waals surface area contributed by atoms with Crippen LogP contribution in [0.4, 0.5) is 17.1 Å². The number of rotatable bonds is 4. The lowest BCUT2D eigenvalue weighted by atomic mass is 9.96. The molecule has 3 heteroatoms. The molecule has 2 heterocycles. The average Bonchev–Trinajstić information content (AvgIpc) is 3.47. The molecule has 0 aliphatic carbocycles. The molecule has 208 valence electrons. The topological polar surface area (TPSA) is 28.4 Å². The summed E-state index contributed by atoms with van der Waals surface area (Å²) in [6, 6.07) is 50.4. The van der Waals surface area contributed by atoms with E-state index in [1.54, 1.807) is 0 Å². The monoisotopic (exact) mass is 564 g/mol. The molecule has 0 saturated carbocycles. The molecular formula is C41H28N2O. The molecule has 44 heavy (non-hydrogen) atoms. The molecular weight excluding hydrogens is 536 g/mol. The zero-order valence-corrected chi connectivity index (χ0v) is 24.0. The predicted octanol–water partition coefficient (Wildman–Crippen LogP) is 11.1. The average molecular weight is 565 g/mol. The van der Waals surface area contributed by atoms with E-state index in [1.807, 2.05) is 6.20 Å². The second kappa shape index (κ2) is 9.89. The van der Waals surface area contributed by atoms with Crippen molar-refractivity contribution in [1.82, 2.24) is 5.32 Å². The molecule has 0 unspecified atom stereocenters. The first kappa shape index (κ1) is 24.8. The zero-order chi connectivity index (χ0) is 29.0. The van der Waals surface area contributed by atoms with Gasteiger partial charge in [0.25, 0.3) is 0 Å². The minimum absolute atomic E-state index is 0.701. The van der Waals surface area contributed by atoms with E-state index in [0.29, 0.717) is 6.54 Å². The molecule has 1 aromatic heterocycles. The lowest BCUT2D eigenvalue weighted by Crippen LogP contribution is -2.10. The second-order valence-corrected chi connectivity index (χ2v) is 11.4. The molecule has 0 spiro atoms. The Morgan fingerprint density at radius 1 is 0.500 bits per heavy atom. The number of hydrogen-bond acceptors (Lipinski definition) is 3.